The molecule has 0 aliphatic carbocycles. The van der Waals surface area contributed by atoms with Gasteiger partial charge < -0.3 is 15.4 Å². The van der Waals surface area contributed by atoms with Crippen LogP contribution in [0, 0.1) is 5.92 Å². The Kier molecular flexibility index (Phi) is 5.81. The van der Waals surface area contributed by atoms with Crippen molar-refractivity contribution in [3.8, 4) is 0 Å². The molecule has 2 saturated heterocycles. The molecule has 1 amide bonds. The van der Waals surface area contributed by atoms with Gasteiger partial charge in [0.1, 0.15) is 0 Å². The van der Waals surface area contributed by atoms with Crippen LogP contribution >= 0.6 is 0 Å². The molecule has 0 aromatic carbocycles. The predicted octanol–water partition coefficient (Wildman–Crippen LogP) is 0.683. The van der Waals surface area contributed by atoms with E-state index in [9.17, 15) is 4.79 Å². The first-order valence-electron chi connectivity index (χ1n) is 7.99. The molecule has 116 valence electrons. The molecule has 0 radical (unpaired) electrons. The van der Waals surface area contributed by atoms with E-state index >= 15 is 0 Å². The van der Waals surface area contributed by atoms with Crippen LogP contribution in [0.3, 0.4) is 0 Å². The van der Waals surface area contributed by atoms with Crippen LogP contribution in [-0.4, -0.2) is 67.2 Å². The summed E-state index contributed by atoms with van der Waals surface area (Å²) in [6.07, 6.45) is 3.20. The van der Waals surface area contributed by atoms with E-state index in [1.54, 1.807) is 0 Å². The molecular formula is C15H29N3O2. The minimum Gasteiger partial charge on any atom is -0.381 e. The molecule has 0 spiro atoms. The van der Waals surface area contributed by atoms with Crippen LogP contribution in [0.4, 0.5) is 0 Å². The monoisotopic (exact) mass is 283 g/mol. The van der Waals surface area contributed by atoms with E-state index in [0.29, 0.717) is 6.04 Å². The van der Waals surface area contributed by atoms with Crippen molar-refractivity contribution in [2.45, 2.75) is 45.2 Å². The van der Waals surface area contributed by atoms with E-state index in [0.717, 1.165) is 58.7 Å². The maximum absolute atomic E-state index is 12.3. The van der Waals surface area contributed by atoms with Gasteiger partial charge in [0, 0.05) is 45.4 Å². The SMILES string of the molecule is CCC(C)C(N)C(=O)N1CCN(C2CCOCC2)CC1. The zero-order valence-corrected chi connectivity index (χ0v) is 12.9. The Morgan fingerprint density at radius 2 is 1.85 bits per heavy atom. The minimum absolute atomic E-state index is 0.131. The average Bonchev–Trinajstić information content (AvgIpc) is 2.53. The number of hydrogen-bond donors (Lipinski definition) is 1. The quantitative estimate of drug-likeness (QED) is 0.824. The number of nitrogens with two attached hydrogens (primary N) is 1. The third-order valence-corrected chi connectivity index (χ3v) is 4.88. The van der Waals surface area contributed by atoms with Gasteiger partial charge in [0.05, 0.1) is 6.04 Å². The van der Waals surface area contributed by atoms with Crippen molar-refractivity contribution >= 4 is 5.91 Å². The zero-order valence-electron chi connectivity index (χ0n) is 12.9. The summed E-state index contributed by atoms with van der Waals surface area (Å²) < 4.78 is 5.41. The van der Waals surface area contributed by atoms with Crippen molar-refractivity contribution in [3.05, 3.63) is 0 Å². The molecular weight excluding hydrogens is 254 g/mol. The fourth-order valence-corrected chi connectivity index (χ4v) is 3.07. The van der Waals surface area contributed by atoms with Gasteiger partial charge in [-0.15, -0.1) is 0 Å². The number of amides is 1. The highest BCUT2D eigenvalue weighted by molar-refractivity contribution is 5.82. The fraction of sp³-hybridized carbons (Fsp3) is 0.933. The van der Waals surface area contributed by atoms with Crippen molar-refractivity contribution < 1.29 is 9.53 Å². The van der Waals surface area contributed by atoms with Crippen LogP contribution in [0.2, 0.25) is 0 Å². The summed E-state index contributed by atoms with van der Waals surface area (Å²) in [5, 5.41) is 0. The number of carbonyl (C=O) groups excluding carboxylic acids is 1. The van der Waals surface area contributed by atoms with Crippen LogP contribution in [0.25, 0.3) is 0 Å². The van der Waals surface area contributed by atoms with Crippen molar-refractivity contribution in [3.63, 3.8) is 0 Å². The smallest absolute Gasteiger partial charge is 0.239 e. The van der Waals surface area contributed by atoms with E-state index in [1.807, 2.05) is 4.90 Å². The first-order valence-corrected chi connectivity index (χ1v) is 7.99. The Hall–Kier alpha value is -0.650. The van der Waals surface area contributed by atoms with Crippen molar-refractivity contribution in [1.29, 1.82) is 0 Å². The second-order valence-corrected chi connectivity index (χ2v) is 6.12. The first-order chi connectivity index (χ1) is 9.63. The summed E-state index contributed by atoms with van der Waals surface area (Å²) >= 11 is 0. The molecule has 0 bridgehead atoms. The van der Waals surface area contributed by atoms with Gasteiger partial charge in [0.2, 0.25) is 5.91 Å². The molecule has 2 atom stereocenters. The molecule has 5 heteroatoms. The summed E-state index contributed by atoms with van der Waals surface area (Å²) in [5.41, 5.74) is 6.06. The normalized spacial score (nSPS) is 25.4. The highest BCUT2D eigenvalue weighted by Gasteiger charge is 2.30. The van der Waals surface area contributed by atoms with Crippen molar-refractivity contribution in [2.24, 2.45) is 11.7 Å². The standard InChI is InChI=1S/C15H29N3O2/c1-3-12(2)14(16)15(19)18-8-6-17(7-9-18)13-4-10-20-11-5-13/h12-14H,3-11,16H2,1-2H3. The van der Waals surface area contributed by atoms with Gasteiger partial charge in [0.15, 0.2) is 0 Å². The molecule has 20 heavy (non-hydrogen) atoms. The van der Waals surface area contributed by atoms with Crippen LogP contribution in [-0.2, 0) is 9.53 Å². The lowest BCUT2D eigenvalue weighted by molar-refractivity contribution is -0.136. The topological polar surface area (TPSA) is 58.8 Å². The van der Waals surface area contributed by atoms with Crippen LogP contribution in [0.1, 0.15) is 33.1 Å². The number of hydrogen-bond acceptors (Lipinski definition) is 4. The Morgan fingerprint density at radius 3 is 2.40 bits per heavy atom. The number of ether oxygens (including phenoxy) is 1. The third-order valence-electron chi connectivity index (χ3n) is 4.88. The molecule has 2 aliphatic heterocycles. The Balaban J connectivity index is 1.79. The molecule has 0 aromatic rings. The summed E-state index contributed by atoms with van der Waals surface area (Å²) in [4.78, 5) is 16.8. The van der Waals surface area contributed by atoms with E-state index in [-0.39, 0.29) is 17.9 Å². The van der Waals surface area contributed by atoms with Gasteiger partial charge >= 0.3 is 0 Å². The van der Waals surface area contributed by atoms with Crippen LogP contribution < -0.4 is 5.73 Å². The predicted molar refractivity (Wildman–Crippen MR) is 79.4 cm³/mol. The maximum atomic E-state index is 12.3. The van der Waals surface area contributed by atoms with E-state index < -0.39 is 0 Å². The first kappa shape index (κ1) is 15.7. The van der Waals surface area contributed by atoms with E-state index in [1.165, 1.54) is 0 Å². The highest BCUT2D eigenvalue weighted by Crippen LogP contribution is 2.17. The summed E-state index contributed by atoms with van der Waals surface area (Å²) in [6.45, 7) is 9.49. The molecule has 0 saturated carbocycles. The zero-order chi connectivity index (χ0) is 14.5. The molecule has 5 nitrogen and oxygen atoms in total. The minimum atomic E-state index is -0.338. The van der Waals surface area contributed by atoms with Crippen molar-refractivity contribution in [1.82, 2.24) is 9.80 Å². The van der Waals surface area contributed by atoms with Gasteiger partial charge in [-0.3, -0.25) is 9.69 Å². The second-order valence-electron chi connectivity index (χ2n) is 6.12. The largest absolute Gasteiger partial charge is 0.381 e. The number of piperazine rings is 1. The van der Waals surface area contributed by atoms with Crippen LogP contribution in [0.5, 0.6) is 0 Å². The van der Waals surface area contributed by atoms with E-state index in [4.69, 9.17) is 10.5 Å². The van der Waals surface area contributed by atoms with Gasteiger partial charge in [-0.2, -0.15) is 0 Å². The molecule has 2 rings (SSSR count). The Morgan fingerprint density at radius 1 is 1.25 bits per heavy atom. The number of carbonyl (C=O) groups is 1. The molecule has 2 N–H and O–H groups in total. The summed E-state index contributed by atoms with van der Waals surface area (Å²) in [6, 6.07) is 0.305. The maximum Gasteiger partial charge on any atom is 0.239 e. The van der Waals surface area contributed by atoms with Gasteiger partial charge in [-0.1, -0.05) is 20.3 Å². The molecule has 2 fully saturated rings. The lowest BCUT2D eigenvalue weighted by atomic mass is 9.98. The van der Waals surface area contributed by atoms with Gasteiger partial charge in [-0.05, 0) is 18.8 Å². The van der Waals surface area contributed by atoms with Gasteiger partial charge in [0.25, 0.3) is 0 Å². The van der Waals surface area contributed by atoms with Crippen LogP contribution in [0.15, 0.2) is 0 Å². The molecule has 2 heterocycles. The molecule has 2 unspecified atom stereocenters. The van der Waals surface area contributed by atoms with Gasteiger partial charge in [-0.25, -0.2) is 0 Å². The average molecular weight is 283 g/mol. The van der Waals surface area contributed by atoms with Crippen molar-refractivity contribution in [2.75, 3.05) is 39.4 Å². The van der Waals surface area contributed by atoms with E-state index in [2.05, 4.69) is 18.7 Å². The summed E-state index contributed by atoms with van der Waals surface area (Å²) in [7, 11) is 0. The summed E-state index contributed by atoms with van der Waals surface area (Å²) in [5.74, 6) is 0.391. The lowest BCUT2D eigenvalue weighted by Gasteiger charge is -2.41. The number of rotatable bonds is 4. The highest BCUT2D eigenvalue weighted by atomic mass is 16.5. The Bertz CT molecular complexity index is 310. The molecule has 0 aromatic heterocycles. The fourth-order valence-electron chi connectivity index (χ4n) is 3.07. The molecule has 2 aliphatic rings. The lowest BCUT2D eigenvalue weighted by Crippen LogP contribution is -2.56. The second kappa shape index (κ2) is 7.38. The number of nitrogens with zero attached hydrogens (tertiary/aromatic N) is 2. The third kappa shape index (κ3) is 3.71. The Labute approximate surface area is 122 Å².